The molecule has 1 aromatic carbocycles. The largest absolute Gasteiger partial charge is 0.379 e. The van der Waals surface area contributed by atoms with E-state index < -0.39 is 0 Å². The predicted octanol–water partition coefficient (Wildman–Crippen LogP) is 1.83. The summed E-state index contributed by atoms with van der Waals surface area (Å²) in [6.45, 7) is 2.12. The Bertz CT molecular complexity index is 545. The van der Waals surface area contributed by atoms with Gasteiger partial charge in [0.1, 0.15) is 5.82 Å². The van der Waals surface area contributed by atoms with Crippen LogP contribution in [0, 0.1) is 5.82 Å². The molecular weight excluding hydrogens is 285 g/mol. The second-order valence-electron chi connectivity index (χ2n) is 4.49. The Balaban J connectivity index is 0.00000147. The molecule has 1 atom stereocenters. The summed E-state index contributed by atoms with van der Waals surface area (Å²) < 4.78 is 23.9. The van der Waals surface area contributed by atoms with Crippen LogP contribution >= 0.6 is 12.4 Å². The summed E-state index contributed by atoms with van der Waals surface area (Å²) in [6.07, 6.45) is 1.84. The first kappa shape index (κ1) is 14.9. The zero-order valence-electron chi connectivity index (χ0n) is 10.7. The standard InChI is InChI=1S/C13H14FN3O2.ClH/c14-12-2-1-9(13-16-8-19-17-13)5-10(12)6-11-7-18-4-3-15-11;/h1-2,5,8,11,15H,3-4,6-7H2;1H/t11-;/m1./s1. The van der Waals surface area contributed by atoms with Crippen molar-refractivity contribution in [3.63, 3.8) is 0 Å². The Morgan fingerprint density at radius 3 is 3.00 bits per heavy atom. The Labute approximate surface area is 121 Å². The van der Waals surface area contributed by atoms with Gasteiger partial charge in [-0.25, -0.2) is 4.39 Å². The van der Waals surface area contributed by atoms with Gasteiger partial charge in [-0.3, -0.25) is 0 Å². The number of hydrogen-bond donors (Lipinski definition) is 1. The quantitative estimate of drug-likeness (QED) is 0.937. The second-order valence-corrected chi connectivity index (χ2v) is 4.49. The third kappa shape index (κ3) is 3.33. The van der Waals surface area contributed by atoms with Crippen molar-refractivity contribution in [2.75, 3.05) is 19.8 Å². The van der Waals surface area contributed by atoms with Crippen molar-refractivity contribution >= 4 is 12.4 Å². The van der Waals surface area contributed by atoms with Crippen LogP contribution in [-0.2, 0) is 11.2 Å². The highest BCUT2D eigenvalue weighted by Gasteiger charge is 2.16. The van der Waals surface area contributed by atoms with Crippen molar-refractivity contribution in [2.45, 2.75) is 12.5 Å². The molecule has 0 unspecified atom stereocenters. The van der Waals surface area contributed by atoms with Crippen molar-refractivity contribution < 1.29 is 13.7 Å². The molecule has 1 fully saturated rings. The van der Waals surface area contributed by atoms with Gasteiger partial charge in [0.05, 0.1) is 13.2 Å². The molecule has 0 bridgehead atoms. The smallest absolute Gasteiger partial charge is 0.214 e. The minimum atomic E-state index is -0.223. The SMILES string of the molecule is Cl.Fc1ccc(-c2ncon2)cc1C[C@@H]1COCCN1. The molecule has 7 heteroatoms. The summed E-state index contributed by atoms with van der Waals surface area (Å²) in [6, 6.07) is 4.99. The molecule has 108 valence electrons. The van der Waals surface area contributed by atoms with E-state index in [2.05, 4.69) is 15.5 Å². The molecule has 5 nitrogen and oxygen atoms in total. The van der Waals surface area contributed by atoms with Crippen molar-refractivity contribution in [3.8, 4) is 11.4 Å². The summed E-state index contributed by atoms with van der Waals surface area (Å²) in [7, 11) is 0. The number of halogens is 2. The predicted molar refractivity (Wildman–Crippen MR) is 73.3 cm³/mol. The van der Waals surface area contributed by atoms with E-state index in [1.807, 2.05) is 0 Å². The minimum Gasteiger partial charge on any atom is -0.379 e. The Kier molecular flexibility index (Phi) is 5.05. The fourth-order valence-electron chi connectivity index (χ4n) is 2.18. The monoisotopic (exact) mass is 299 g/mol. The van der Waals surface area contributed by atoms with Gasteiger partial charge >= 0.3 is 0 Å². The minimum absolute atomic E-state index is 0. The maximum absolute atomic E-state index is 13.8. The number of aromatic nitrogens is 2. The fourth-order valence-corrected chi connectivity index (χ4v) is 2.18. The zero-order chi connectivity index (χ0) is 13.1. The maximum atomic E-state index is 13.8. The number of hydrogen-bond acceptors (Lipinski definition) is 5. The van der Waals surface area contributed by atoms with Crippen molar-refractivity contribution in [2.24, 2.45) is 0 Å². The van der Waals surface area contributed by atoms with E-state index in [1.165, 1.54) is 12.5 Å². The van der Waals surface area contributed by atoms with Gasteiger partial charge in [0.25, 0.3) is 0 Å². The van der Waals surface area contributed by atoms with Crippen LogP contribution in [0.5, 0.6) is 0 Å². The first-order valence-corrected chi connectivity index (χ1v) is 6.19. The highest BCUT2D eigenvalue weighted by molar-refractivity contribution is 5.85. The van der Waals surface area contributed by atoms with E-state index in [0.29, 0.717) is 31.0 Å². The molecular formula is C13H15ClFN3O2. The van der Waals surface area contributed by atoms with E-state index in [-0.39, 0.29) is 24.3 Å². The highest BCUT2D eigenvalue weighted by atomic mass is 35.5. The van der Waals surface area contributed by atoms with Crippen molar-refractivity contribution in [3.05, 3.63) is 36.0 Å². The van der Waals surface area contributed by atoms with E-state index in [9.17, 15) is 4.39 Å². The lowest BCUT2D eigenvalue weighted by Gasteiger charge is -2.24. The number of nitrogens with one attached hydrogen (secondary N) is 1. The first-order valence-electron chi connectivity index (χ1n) is 6.19. The van der Waals surface area contributed by atoms with Gasteiger partial charge in [-0.05, 0) is 30.2 Å². The summed E-state index contributed by atoms with van der Waals surface area (Å²) in [5, 5.41) is 7.06. The third-order valence-electron chi connectivity index (χ3n) is 3.13. The van der Waals surface area contributed by atoms with Gasteiger partial charge in [0.15, 0.2) is 0 Å². The van der Waals surface area contributed by atoms with E-state index in [4.69, 9.17) is 9.26 Å². The Hall–Kier alpha value is -1.50. The number of nitrogens with zero attached hydrogens (tertiary/aromatic N) is 2. The van der Waals surface area contributed by atoms with E-state index in [1.54, 1.807) is 12.1 Å². The van der Waals surface area contributed by atoms with Crippen LogP contribution in [0.1, 0.15) is 5.56 Å². The molecule has 20 heavy (non-hydrogen) atoms. The van der Waals surface area contributed by atoms with Crippen molar-refractivity contribution in [1.82, 2.24) is 15.5 Å². The van der Waals surface area contributed by atoms with Crippen LogP contribution in [-0.4, -0.2) is 35.9 Å². The Morgan fingerprint density at radius 1 is 1.40 bits per heavy atom. The van der Waals surface area contributed by atoms with Crippen LogP contribution in [0.25, 0.3) is 11.4 Å². The maximum Gasteiger partial charge on any atom is 0.214 e. The van der Waals surface area contributed by atoms with Crippen LogP contribution in [0.4, 0.5) is 4.39 Å². The fraction of sp³-hybridized carbons (Fsp3) is 0.385. The van der Waals surface area contributed by atoms with E-state index in [0.717, 1.165) is 12.1 Å². The number of morpholine rings is 1. The average Bonchev–Trinajstić information content (AvgIpc) is 2.96. The van der Waals surface area contributed by atoms with Gasteiger partial charge in [-0.2, -0.15) is 4.98 Å². The lowest BCUT2D eigenvalue weighted by atomic mass is 10.0. The molecule has 0 spiro atoms. The van der Waals surface area contributed by atoms with Gasteiger partial charge in [0.2, 0.25) is 12.2 Å². The molecule has 0 amide bonds. The summed E-state index contributed by atoms with van der Waals surface area (Å²) in [4.78, 5) is 3.96. The summed E-state index contributed by atoms with van der Waals surface area (Å²) >= 11 is 0. The molecule has 2 heterocycles. The second kappa shape index (κ2) is 6.78. The van der Waals surface area contributed by atoms with Crippen LogP contribution in [0.15, 0.2) is 29.1 Å². The summed E-state index contributed by atoms with van der Waals surface area (Å²) in [5.74, 6) is 0.244. The number of rotatable bonds is 3. The van der Waals surface area contributed by atoms with Crippen LogP contribution in [0.2, 0.25) is 0 Å². The molecule has 0 saturated carbocycles. The average molecular weight is 300 g/mol. The molecule has 1 aromatic heterocycles. The molecule has 1 saturated heterocycles. The van der Waals surface area contributed by atoms with Gasteiger partial charge in [-0.15, -0.1) is 12.4 Å². The molecule has 0 radical (unpaired) electrons. The third-order valence-corrected chi connectivity index (χ3v) is 3.13. The molecule has 0 aliphatic carbocycles. The zero-order valence-corrected chi connectivity index (χ0v) is 11.5. The van der Waals surface area contributed by atoms with Gasteiger partial charge < -0.3 is 14.6 Å². The van der Waals surface area contributed by atoms with Crippen LogP contribution in [0.3, 0.4) is 0 Å². The van der Waals surface area contributed by atoms with Gasteiger partial charge in [0, 0.05) is 18.2 Å². The summed E-state index contributed by atoms with van der Waals surface area (Å²) in [5.41, 5.74) is 1.38. The molecule has 1 N–H and O–H groups in total. The highest BCUT2D eigenvalue weighted by Crippen LogP contribution is 2.20. The molecule has 2 aromatic rings. The molecule has 1 aliphatic heterocycles. The lowest BCUT2D eigenvalue weighted by molar-refractivity contribution is 0.0767. The lowest BCUT2D eigenvalue weighted by Crippen LogP contribution is -2.42. The van der Waals surface area contributed by atoms with Crippen molar-refractivity contribution in [1.29, 1.82) is 0 Å². The Morgan fingerprint density at radius 2 is 2.30 bits per heavy atom. The first-order chi connectivity index (χ1) is 9.33. The molecule has 1 aliphatic rings. The number of ether oxygens (including phenoxy) is 1. The topological polar surface area (TPSA) is 60.2 Å². The normalized spacial score (nSPS) is 18.6. The van der Waals surface area contributed by atoms with Crippen LogP contribution < -0.4 is 5.32 Å². The van der Waals surface area contributed by atoms with Gasteiger partial charge in [-0.1, -0.05) is 5.16 Å². The van der Waals surface area contributed by atoms with E-state index >= 15 is 0 Å². The number of benzene rings is 1. The molecule has 3 rings (SSSR count).